The Morgan fingerprint density at radius 3 is 2.32 bits per heavy atom. The normalized spacial score (nSPS) is 13.1. The number of urea groups is 1. The van der Waals surface area contributed by atoms with Crippen LogP contribution in [0, 0.1) is 5.82 Å². The molecular weight excluding hydrogens is 433 g/mol. The van der Waals surface area contributed by atoms with Crippen molar-refractivity contribution in [3.05, 3.63) is 89.9 Å². The van der Waals surface area contributed by atoms with Gasteiger partial charge < -0.3 is 15.5 Å². The molecule has 2 heterocycles. The number of nitrogens with zero attached hydrogens (tertiary/aromatic N) is 3. The lowest BCUT2D eigenvalue weighted by Gasteiger charge is -2.16. The number of carbonyl (C=O) groups excluding carboxylic acids is 2. The molecule has 1 aliphatic heterocycles. The molecule has 2 amide bonds. The highest BCUT2D eigenvalue weighted by Crippen LogP contribution is 2.22. The van der Waals surface area contributed by atoms with Crippen molar-refractivity contribution in [2.45, 2.75) is 12.8 Å². The summed E-state index contributed by atoms with van der Waals surface area (Å²) in [7, 11) is 0. The van der Waals surface area contributed by atoms with Crippen LogP contribution in [0.25, 0.3) is 11.0 Å². The first kappa shape index (κ1) is 21.5. The summed E-state index contributed by atoms with van der Waals surface area (Å²) in [6, 6.07) is 17.0. The molecular formula is C26H22FN5O2. The fraction of sp³-hybridized carbons (Fsp3) is 0.154. The van der Waals surface area contributed by atoms with E-state index in [0.29, 0.717) is 28.0 Å². The van der Waals surface area contributed by atoms with E-state index in [1.54, 1.807) is 54.7 Å². The van der Waals surface area contributed by atoms with Crippen LogP contribution in [0.3, 0.4) is 0 Å². The molecule has 170 valence electrons. The molecule has 3 aromatic carbocycles. The summed E-state index contributed by atoms with van der Waals surface area (Å²) in [5.41, 5.74) is 3.27. The van der Waals surface area contributed by atoms with E-state index in [0.717, 1.165) is 37.3 Å². The molecule has 0 radical (unpaired) electrons. The standard InChI is InChI=1S/C26H22FN5O2/c27-19-4-3-5-21(15-19)30-26(34)29-20-9-6-17(7-10-20)25(33)18-8-11-22-23(14-18)31-24(16-28-22)32-12-1-2-13-32/h3-11,14-16H,1-2,12-13H2,(H2,29,30,34). The number of hydrogen-bond donors (Lipinski definition) is 2. The number of ketones is 1. The van der Waals surface area contributed by atoms with Crippen molar-refractivity contribution >= 4 is 40.0 Å². The van der Waals surface area contributed by atoms with Gasteiger partial charge in [0, 0.05) is 35.6 Å². The van der Waals surface area contributed by atoms with Gasteiger partial charge in [-0.1, -0.05) is 6.07 Å². The number of carbonyl (C=O) groups is 2. The summed E-state index contributed by atoms with van der Waals surface area (Å²) >= 11 is 0. The van der Waals surface area contributed by atoms with Crippen LogP contribution in [0.2, 0.25) is 0 Å². The Balaban J connectivity index is 1.29. The second-order valence-electron chi connectivity index (χ2n) is 8.12. The molecule has 0 unspecified atom stereocenters. The first-order valence-corrected chi connectivity index (χ1v) is 11.1. The summed E-state index contributed by atoms with van der Waals surface area (Å²) in [4.78, 5) is 36.6. The smallest absolute Gasteiger partial charge is 0.323 e. The molecule has 0 bridgehead atoms. The van der Waals surface area contributed by atoms with Crippen molar-refractivity contribution in [1.29, 1.82) is 0 Å². The first-order chi connectivity index (χ1) is 16.5. The van der Waals surface area contributed by atoms with Crippen LogP contribution in [0.4, 0.5) is 26.4 Å². The van der Waals surface area contributed by atoms with Crippen LogP contribution in [-0.2, 0) is 0 Å². The molecule has 1 fully saturated rings. The number of aromatic nitrogens is 2. The summed E-state index contributed by atoms with van der Waals surface area (Å²) in [5, 5.41) is 5.23. The van der Waals surface area contributed by atoms with Gasteiger partial charge in [-0.05, 0) is 73.5 Å². The molecule has 0 spiro atoms. The second-order valence-corrected chi connectivity index (χ2v) is 8.12. The fourth-order valence-corrected chi connectivity index (χ4v) is 3.97. The number of halogens is 1. The van der Waals surface area contributed by atoms with Crippen LogP contribution in [-0.4, -0.2) is 34.9 Å². The molecule has 2 N–H and O–H groups in total. The maximum absolute atomic E-state index is 13.3. The average Bonchev–Trinajstić information content (AvgIpc) is 3.38. The van der Waals surface area contributed by atoms with Gasteiger partial charge in [-0.2, -0.15) is 0 Å². The van der Waals surface area contributed by atoms with Crippen LogP contribution < -0.4 is 15.5 Å². The molecule has 4 aromatic rings. The van der Waals surface area contributed by atoms with Gasteiger partial charge in [0.25, 0.3) is 0 Å². The highest BCUT2D eigenvalue weighted by atomic mass is 19.1. The number of benzene rings is 3. The van der Waals surface area contributed by atoms with Gasteiger partial charge in [-0.3, -0.25) is 9.78 Å². The van der Waals surface area contributed by atoms with E-state index in [2.05, 4.69) is 20.5 Å². The maximum Gasteiger partial charge on any atom is 0.323 e. The van der Waals surface area contributed by atoms with E-state index < -0.39 is 11.8 Å². The van der Waals surface area contributed by atoms with Crippen molar-refractivity contribution < 1.29 is 14.0 Å². The number of hydrogen-bond acceptors (Lipinski definition) is 5. The number of amides is 2. The van der Waals surface area contributed by atoms with Gasteiger partial charge in [0.05, 0.1) is 17.2 Å². The molecule has 1 aliphatic rings. The third kappa shape index (κ3) is 4.71. The average molecular weight is 455 g/mol. The molecule has 7 nitrogen and oxygen atoms in total. The van der Waals surface area contributed by atoms with Crippen LogP contribution in [0.1, 0.15) is 28.8 Å². The fourth-order valence-electron chi connectivity index (χ4n) is 3.97. The Morgan fingerprint density at radius 1 is 0.824 bits per heavy atom. The zero-order valence-corrected chi connectivity index (χ0v) is 18.3. The first-order valence-electron chi connectivity index (χ1n) is 11.1. The number of rotatable bonds is 5. The Bertz CT molecular complexity index is 1370. The minimum atomic E-state index is -0.508. The lowest BCUT2D eigenvalue weighted by molar-refractivity contribution is 0.103. The molecule has 1 saturated heterocycles. The van der Waals surface area contributed by atoms with Crippen molar-refractivity contribution in [1.82, 2.24) is 9.97 Å². The van der Waals surface area contributed by atoms with Crippen molar-refractivity contribution in [2.75, 3.05) is 28.6 Å². The summed E-state index contributed by atoms with van der Waals surface area (Å²) in [6.45, 7) is 1.94. The van der Waals surface area contributed by atoms with Crippen molar-refractivity contribution in [3.63, 3.8) is 0 Å². The van der Waals surface area contributed by atoms with E-state index in [-0.39, 0.29) is 5.78 Å². The van der Waals surface area contributed by atoms with E-state index >= 15 is 0 Å². The highest BCUT2D eigenvalue weighted by Gasteiger charge is 2.16. The molecule has 5 rings (SSSR count). The third-order valence-electron chi connectivity index (χ3n) is 5.71. The predicted octanol–water partition coefficient (Wildman–Crippen LogP) is 5.24. The molecule has 34 heavy (non-hydrogen) atoms. The third-order valence-corrected chi connectivity index (χ3v) is 5.71. The zero-order valence-electron chi connectivity index (χ0n) is 18.3. The highest BCUT2D eigenvalue weighted by molar-refractivity contribution is 6.10. The quantitative estimate of drug-likeness (QED) is 0.402. The van der Waals surface area contributed by atoms with Crippen molar-refractivity contribution in [3.8, 4) is 0 Å². The Hall–Kier alpha value is -4.33. The van der Waals surface area contributed by atoms with Gasteiger partial charge in [0.15, 0.2) is 5.78 Å². The monoisotopic (exact) mass is 455 g/mol. The van der Waals surface area contributed by atoms with Gasteiger partial charge >= 0.3 is 6.03 Å². The van der Waals surface area contributed by atoms with Gasteiger partial charge in [-0.15, -0.1) is 0 Å². The predicted molar refractivity (Wildman–Crippen MR) is 130 cm³/mol. The van der Waals surface area contributed by atoms with Gasteiger partial charge in [0.1, 0.15) is 11.6 Å². The minimum absolute atomic E-state index is 0.147. The largest absolute Gasteiger partial charge is 0.355 e. The Kier molecular flexibility index (Phi) is 5.86. The van der Waals surface area contributed by atoms with E-state index in [4.69, 9.17) is 4.98 Å². The Labute approximate surface area is 195 Å². The summed E-state index contributed by atoms with van der Waals surface area (Å²) < 4.78 is 13.3. The lowest BCUT2D eigenvalue weighted by atomic mass is 10.0. The van der Waals surface area contributed by atoms with E-state index in [9.17, 15) is 14.0 Å². The molecule has 0 saturated carbocycles. The number of nitrogens with one attached hydrogen (secondary N) is 2. The van der Waals surface area contributed by atoms with Gasteiger partial charge in [0.2, 0.25) is 0 Å². The number of fused-ring (bicyclic) bond motifs is 1. The van der Waals surface area contributed by atoms with Crippen LogP contribution in [0.5, 0.6) is 0 Å². The van der Waals surface area contributed by atoms with Gasteiger partial charge in [-0.25, -0.2) is 14.2 Å². The van der Waals surface area contributed by atoms with Crippen LogP contribution >= 0.6 is 0 Å². The number of anilines is 3. The summed E-state index contributed by atoms with van der Waals surface area (Å²) in [6.07, 6.45) is 4.08. The Morgan fingerprint density at radius 2 is 1.56 bits per heavy atom. The topological polar surface area (TPSA) is 87.2 Å². The lowest BCUT2D eigenvalue weighted by Crippen LogP contribution is -2.19. The van der Waals surface area contributed by atoms with E-state index in [1.807, 2.05) is 0 Å². The molecule has 8 heteroatoms. The molecule has 1 aromatic heterocycles. The van der Waals surface area contributed by atoms with Crippen LogP contribution in [0.15, 0.2) is 72.9 Å². The maximum atomic E-state index is 13.3. The minimum Gasteiger partial charge on any atom is -0.355 e. The molecule has 0 atom stereocenters. The summed E-state index contributed by atoms with van der Waals surface area (Å²) in [5.74, 6) is 0.250. The zero-order chi connectivity index (χ0) is 23.5. The molecule has 0 aliphatic carbocycles. The van der Waals surface area contributed by atoms with Crippen molar-refractivity contribution in [2.24, 2.45) is 0 Å². The second kappa shape index (κ2) is 9.27. The SMILES string of the molecule is O=C(Nc1ccc(C(=O)c2ccc3ncc(N4CCCC4)nc3c2)cc1)Nc1cccc(F)c1. The van der Waals surface area contributed by atoms with E-state index in [1.165, 1.54) is 18.2 Å².